The third kappa shape index (κ3) is 11.0. The molecule has 0 aromatic carbocycles. The normalized spacial score (nSPS) is 11.5. The second-order valence-corrected chi connectivity index (χ2v) is 6.62. The lowest BCUT2D eigenvalue weighted by molar-refractivity contribution is -0.132. The van der Waals surface area contributed by atoms with Crippen molar-refractivity contribution in [3.63, 3.8) is 0 Å². The molecule has 0 bridgehead atoms. The zero-order valence-electron chi connectivity index (χ0n) is 16.2. The van der Waals surface area contributed by atoms with E-state index in [0.29, 0.717) is 19.5 Å². The van der Waals surface area contributed by atoms with Crippen LogP contribution in [0.4, 0.5) is 0 Å². The van der Waals surface area contributed by atoms with Gasteiger partial charge in [0.1, 0.15) is 0 Å². The van der Waals surface area contributed by atoms with Crippen LogP contribution in [0.2, 0.25) is 0 Å². The molecule has 0 atom stereocenters. The number of amides is 1. The SMILES string of the molecule is CCCCCCCCC(=O)N(CCN(CC)CC)CC(CO)CO. The van der Waals surface area contributed by atoms with Crippen LogP contribution in [-0.4, -0.2) is 71.9 Å². The van der Waals surface area contributed by atoms with Gasteiger partial charge >= 0.3 is 0 Å². The number of carbonyl (C=O) groups excluding carboxylic acids is 1. The van der Waals surface area contributed by atoms with Gasteiger partial charge in [-0.2, -0.15) is 0 Å². The number of rotatable bonds is 16. The van der Waals surface area contributed by atoms with Crippen LogP contribution in [0.15, 0.2) is 0 Å². The standard InChI is InChI=1S/C19H40N2O3/c1-4-7-8-9-10-11-12-19(24)21(15-18(16-22)17-23)14-13-20(5-2)6-3/h18,22-23H,4-17H2,1-3H3. The highest BCUT2D eigenvalue weighted by Gasteiger charge is 2.18. The van der Waals surface area contributed by atoms with Gasteiger partial charge in [0.05, 0.1) is 0 Å². The molecule has 2 N–H and O–H groups in total. The van der Waals surface area contributed by atoms with Crippen LogP contribution in [0, 0.1) is 5.92 Å². The van der Waals surface area contributed by atoms with Gasteiger partial charge in [0.2, 0.25) is 5.91 Å². The summed E-state index contributed by atoms with van der Waals surface area (Å²) < 4.78 is 0. The zero-order valence-corrected chi connectivity index (χ0v) is 16.2. The minimum absolute atomic E-state index is 0.0808. The van der Waals surface area contributed by atoms with Crippen molar-refractivity contribution < 1.29 is 15.0 Å². The van der Waals surface area contributed by atoms with Crippen molar-refractivity contribution in [1.82, 2.24) is 9.80 Å². The van der Waals surface area contributed by atoms with E-state index in [4.69, 9.17) is 0 Å². The molecule has 24 heavy (non-hydrogen) atoms. The molecule has 0 aliphatic heterocycles. The van der Waals surface area contributed by atoms with Crippen molar-refractivity contribution in [1.29, 1.82) is 0 Å². The van der Waals surface area contributed by atoms with E-state index < -0.39 is 0 Å². The van der Waals surface area contributed by atoms with Gasteiger partial charge in [0.15, 0.2) is 0 Å². The van der Waals surface area contributed by atoms with E-state index in [1.54, 1.807) is 0 Å². The molecule has 0 aliphatic carbocycles. The minimum Gasteiger partial charge on any atom is -0.396 e. The van der Waals surface area contributed by atoms with Crippen molar-refractivity contribution in [3.8, 4) is 0 Å². The third-order valence-electron chi connectivity index (χ3n) is 4.67. The fourth-order valence-corrected chi connectivity index (χ4v) is 2.82. The summed E-state index contributed by atoms with van der Waals surface area (Å²) in [4.78, 5) is 16.7. The van der Waals surface area contributed by atoms with Gasteiger partial charge < -0.3 is 20.0 Å². The maximum atomic E-state index is 12.5. The summed E-state index contributed by atoms with van der Waals surface area (Å²) in [7, 11) is 0. The first-order valence-corrected chi connectivity index (χ1v) is 9.84. The smallest absolute Gasteiger partial charge is 0.222 e. The van der Waals surface area contributed by atoms with Gasteiger partial charge in [-0.05, 0) is 19.5 Å². The molecule has 0 saturated heterocycles. The number of likely N-dealkylation sites (N-methyl/N-ethyl adjacent to an activating group) is 1. The number of unbranched alkanes of at least 4 members (excludes halogenated alkanes) is 5. The Kier molecular flexibility index (Phi) is 15.4. The molecule has 0 rings (SSSR count). The molecule has 0 fully saturated rings. The Morgan fingerprint density at radius 2 is 1.46 bits per heavy atom. The summed E-state index contributed by atoms with van der Waals surface area (Å²) in [5, 5.41) is 18.6. The van der Waals surface area contributed by atoms with E-state index in [1.165, 1.54) is 25.7 Å². The van der Waals surface area contributed by atoms with E-state index in [2.05, 4.69) is 25.7 Å². The molecule has 0 heterocycles. The lowest BCUT2D eigenvalue weighted by atomic mass is 10.1. The van der Waals surface area contributed by atoms with Crippen molar-refractivity contribution in [2.24, 2.45) is 5.92 Å². The Morgan fingerprint density at radius 1 is 0.875 bits per heavy atom. The first-order chi connectivity index (χ1) is 11.6. The maximum absolute atomic E-state index is 12.5. The van der Waals surface area contributed by atoms with Gasteiger partial charge in [0, 0.05) is 45.2 Å². The van der Waals surface area contributed by atoms with E-state index in [9.17, 15) is 15.0 Å². The van der Waals surface area contributed by atoms with Gasteiger partial charge in [-0.25, -0.2) is 0 Å². The Morgan fingerprint density at radius 3 is 2.00 bits per heavy atom. The molecule has 144 valence electrons. The second kappa shape index (κ2) is 15.9. The van der Waals surface area contributed by atoms with Crippen molar-refractivity contribution >= 4 is 5.91 Å². The van der Waals surface area contributed by atoms with Crippen molar-refractivity contribution in [2.75, 3.05) is 45.9 Å². The van der Waals surface area contributed by atoms with Crippen molar-refractivity contribution in [2.45, 2.75) is 65.7 Å². The molecular formula is C19H40N2O3. The van der Waals surface area contributed by atoms with E-state index in [0.717, 1.165) is 32.5 Å². The predicted octanol–water partition coefficient (Wildman–Crippen LogP) is 2.51. The summed E-state index contributed by atoms with van der Waals surface area (Å²) in [5.74, 6) is -0.0836. The molecule has 0 aromatic heterocycles. The number of hydrogen-bond acceptors (Lipinski definition) is 4. The summed E-state index contributed by atoms with van der Waals surface area (Å²) in [6.45, 7) is 10.2. The molecule has 5 heteroatoms. The van der Waals surface area contributed by atoms with Crippen LogP contribution in [0.1, 0.15) is 65.7 Å². The van der Waals surface area contributed by atoms with E-state index in [-0.39, 0.29) is 25.0 Å². The molecular weight excluding hydrogens is 304 g/mol. The molecule has 0 saturated carbocycles. The lowest BCUT2D eigenvalue weighted by Gasteiger charge is -2.29. The third-order valence-corrected chi connectivity index (χ3v) is 4.67. The molecule has 0 unspecified atom stereocenters. The topological polar surface area (TPSA) is 64.0 Å². The second-order valence-electron chi connectivity index (χ2n) is 6.62. The van der Waals surface area contributed by atoms with Crippen LogP contribution in [-0.2, 0) is 4.79 Å². The van der Waals surface area contributed by atoms with Crippen LogP contribution in [0.25, 0.3) is 0 Å². The van der Waals surface area contributed by atoms with E-state index >= 15 is 0 Å². The first-order valence-electron chi connectivity index (χ1n) is 9.84. The average Bonchev–Trinajstić information content (AvgIpc) is 2.61. The first kappa shape index (κ1) is 23.4. The highest BCUT2D eigenvalue weighted by atomic mass is 16.3. The molecule has 0 aliphatic rings. The fourth-order valence-electron chi connectivity index (χ4n) is 2.82. The number of nitrogens with zero attached hydrogens (tertiary/aromatic N) is 2. The highest BCUT2D eigenvalue weighted by molar-refractivity contribution is 5.76. The number of aliphatic hydroxyl groups is 2. The van der Waals surface area contributed by atoms with Crippen LogP contribution < -0.4 is 0 Å². The van der Waals surface area contributed by atoms with Gasteiger partial charge in [0.25, 0.3) is 0 Å². The molecule has 1 amide bonds. The minimum atomic E-state index is -0.241. The largest absolute Gasteiger partial charge is 0.396 e. The predicted molar refractivity (Wildman–Crippen MR) is 100 cm³/mol. The lowest BCUT2D eigenvalue weighted by Crippen LogP contribution is -2.42. The number of hydrogen-bond donors (Lipinski definition) is 2. The Balaban J connectivity index is 4.35. The van der Waals surface area contributed by atoms with Gasteiger partial charge in [-0.15, -0.1) is 0 Å². The number of carbonyl (C=O) groups is 1. The average molecular weight is 345 g/mol. The summed E-state index contributed by atoms with van der Waals surface area (Å²) in [6, 6.07) is 0. The number of aliphatic hydroxyl groups excluding tert-OH is 2. The molecule has 5 nitrogen and oxygen atoms in total. The fraction of sp³-hybridized carbons (Fsp3) is 0.947. The van der Waals surface area contributed by atoms with Crippen LogP contribution >= 0.6 is 0 Å². The Bertz CT molecular complexity index is 292. The Hall–Kier alpha value is -0.650. The summed E-state index contributed by atoms with van der Waals surface area (Å²) in [6.07, 6.45) is 7.60. The summed E-state index contributed by atoms with van der Waals surface area (Å²) in [5.41, 5.74) is 0. The van der Waals surface area contributed by atoms with Gasteiger partial charge in [-0.3, -0.25) is 4.79 Å². The highest BCUT2D eigenvalue weighted by Crippen LogP contribution is 2.10. The Labute approximate surface area is 149 Å². The monoisotopic (exact) mass is 344 g/mol. The zero-order chi connectivity index (χ0) is 18.2. The maximum Gasteiger partial charge on any atom is 0.222 e. The molecule has 0 spiro atoms. The quantitative estimate of drug-likeness (QED) is 0.422. The summed E-state index contributed by atoms with van der Waals surface area (Å²) >= 11 is 0. The van der Waals surface area contributed by atoms with Crippen molar-refractivity contribution in [3.05, 3.63) is 0 Å². The van der Waals surface area contributed by atoms with E-state index in [1.807, 2.05) is 4.90 Å². The van der Waals surface area contributed by atoms with Crippen LogP contribution in [0.5, 0.6) is 0 Å². The van der Waals surface area contributed by atoms with Crippen LogP contribution in [0.3, 0.4) is 0 Å². The molecule has 0 radical (unpaired) electrons. The van der Waals surface area contributed by atoms with Gasteiger partial charge in [-0.1, -0.05) is 52.9 Å². The molecule has 0 aromatic rings.